The van der Waals surface area contributed by atoms with E-state index >= 15 is 0 Å². The fourth-order valence-electron chi connectivity index (χ4n) is 4.64. The van der Waals surface area contributed by atoms with Crippen LogP contribution in [0.2, 0.25) is 0 Å². The third kappa shape index (κ3) is 6.24. The molecule has 0 bridgehead atoms. The lowest BCUT2D eigenvalue weighted by molar-refractivity contribution is -0.117. The van der Waals surface area contributed by atoms with Crippen LogP contribution in [0.4, 0.5) is 5.69 Å². The maximum atomic E-state index is 12.7. The van der Waals surface area contributed by atoms with Crippen molar-refractivity contribution >= 4 is 21.6 Å². The molecule has 2 N–H and O–H groups in total. The molecule has 0 unspecified atom stereocenters. The van der Waals surface area contributed by atoms with E-state index in [1.807, 2.05) is 13.0 Å². The van der Waals surface area contributed by atoms with Crippen molar-refractivity contribution in [3.8, 4) is 0 Å². The van der Waals surface area contributed by atoms with Gasteiger partial charge in [0.05, 0.1) is 10.9 Å². The zero-order valence-corrected chi connectivity index (χ0v) is 20.8. The van der Waals surface area contributed by atoms with E-state index in [1.165, 1.54) is 34.7 Å². The number of likely N-dealkylation sites (tertiary alicyclic amines) is 1. The molecule has 2 aliphatic rings. The van der Waals surface area contributed by atoms with Gasteiger partial charge >= 0.3 is 0 Å². The van der Waals surface area contributed by atoms with Crippen molar-refractivity contribution in [3.63, 3.8) is 0 Å². The molecular weight excluding hydrogens is 448 g/mol. The number of anilines is 1. The minimum absolute atomic E-state index is 0.149. The van der Waals surface area contributed by atoms with Gasteiger partial charge in [-0.3, -0.25) is 9.69 Å². The van der Waals surface area contributed by atoms with Crippen molar-refractivity contribution < 1.29 is 13.2 Å². The van der Waals surface area contributed by atoms with E-state index in [0.717, 1.165) is 32.5 Å². The van der Waals surface area contributed by atoms with E-state index < -0.39 is 16.1 Å². The van der Waals surface area contributed by atoms with Gasteiger partial charge in [-0.1, -0.05) is 30.7 Å². The first-order valence-electron chi connectivity index (χ1n) is 12.4. The van der Waals surface area contributed by atoms with Crippen molar-refractivity contribution in [2.24, 2.45) is 0 Å². The van der Waals surface area contributed by atoms with Gasteiger partial charge in [0.1, 0.15) is 0 Å². The molecule has 7 nitrogen and oxygen atoms in total. The number of amides is 1. The van der Waals surface area contributed by atoms with Gasteiger partial charge in [0.15, 0.2) is 0 Å². The Morgan fingerprint density at radius 1 is 0.882 bits per heavy atom. The number of benzene rings is 2. The highest BCUT2D eigenvalue weighted by Gasteiger charge is 2.27. The monoisotopic (exact) mass is 484 g/mol. The van der Waals surface area contributed by atoms with E-state index in [4.69, 9.17) is 0 Å². The molecule has 2 aromatic carbocycles. The standard InChI is InChI=1S/C26H36N4O3S/c1-21(27-19-22-9-3-4-10-23(22)20-29-15-5-2-6-16-29)26(31)28-24-11-13-25(14-12-24)34(32,33)30-17-7-8-18-30/h3-4,9-14,21,27H,2,5-8,15-20H2,1H3,(H,28,31)/t21-/m1/s1. The summed E-state index contributed by atoms with van der Waals surface area (Å²) in [4.78, 5) is 15.5. The second kappa shape index (κ2) is 11.4. The fourth-order valence-corrected chi connectivity index (χ4v) is 6.15. The van der Waals surface area contributed by atoms with Crippen LogP contribution >= 0.6 is 0 Å². The normalized spacial score (nSPS) is 18.6. The topological polar surface area (TPSA) is 81.8 Å². The summed E-state index contributed by atoms with van der Waals surface area (Å²) < 4.78 is 26.9. The van der Waals surface area contributed by atoms with E-state index in [-0.39, 0.29) is 10.8 Å². The maximum Gasteiger partial charge on any atom is 0.243 e. The van der Waals surface area contributed by atoms with Gasteiger partial charge in [0, 0.05) is 31.9 Å². The third-order valence-electron chi connectivity index (χ3n) is 6.78. The second-order valence-electron chi connectivity index (χ2n) is 9.33. The zero-order chi connectivity index (χ0) is 24.0. The molecule has 2 aliphatic heterocycles. The molecule has 0 aromatic heterocycles. The summed E-state index contributed by atoms with van der Waals surface area (Å²) >= 11 is 0. The fraction of sp³-hybridized carbons (Fsp3) is 0.500. The number of carbonyl (C=O) groups excluding carboxylic acids is 1. The number of piperidine rings is 1. The summed E-state index contributed by atoms with van der Waals surface area (Å²) in [5.41, 5.74) is 3.10. The van der Waals surface area contributed by atoms with Crippen LogP contribution in [0.5, 0.6) is 0 Å². The number of nitrogens with zero attached hydrogens (tertiary/aromatic N) is 2. The lowest BCUT2D eigenvalue weighted by Gasteiger charge is -2.27. The molecule has 34 heavy (non-hydrogen) atoms. The number of nitrogens with one attached hydrogen (secondary N) is 2. The van der Waals surface area contributed by atoms with Crippen molar-refractivity contribution in [2.75, 3.05) is 31.5 Å². The number of carbonyl (C=O) groups is 1. The van der Waals surface area contributed by atoms with Gasteiger partial charge in [0.2, 0.25) is 15.9 Å². The molecule has 2 saturated heterocycles. The summed E-state index contributed by atoms with van der Waals surface area (Å²) in [6.45, 7) is 6.86. The van der Waals surface area contributed by atoms with Gasteiger partial charge in [0.25, 0.3) is 0 Å². The molecular formula is C26H36N4O3S. The van der Waals surface area contributed by atoms with Crippen molar-refractivity contribution in [2.45, 2.75) is 63.1 Å². The summed E-state index contributed by atoms with van der Waals surface area (Å²) in [5.74, 6) is -0.149. The molecule has 2 fully saturated rings. The van der Waals surface area contributed by atoms with Gasteiger partial charge in [-0.05, 0) is 81.1 Å². The molecule has 1 atom stereocenters. The quantitative estimate of drug-likeness (QED) is 0.569. The Hall–Kier alpha value is -2.26. The van der Waals surface area contributed by atoms with E-state index in [2.05, 4.69) is 33.7 Å². The predicted octanol–water partition coefficient (Wildman–Crippen LogP) is 3.57. The first-order chi connectivity index (χ1) is 16.4. The van der Waals surface area contributed by atoms with E-state index in [9.17, 15) is 13.2 Å². The van der Waals surface area contributed by atoms with Gasteiger partial charge in [-0.15, -0.1) is 0 Å². The maximum absolute atomic E-state index is 12.7. The molecule has 0 spiro atoms. The van der Waals surface area contributed by atoms with Crippen molar-refractivity contribution in [3.05, 3.63) is 59.7 Å². The van der Waals surface area contributed by atoms with Crippen LogP contribution in [0.15, 0.2) is 53.4 Å². The predicted molar refractivity (Wildman–Crippen MR) is 135 cm³/mol. The van der Waals surface area contributed by atoms with Crippen molar-refractivity contribution in [1.82, 2.24) is 14.5 Å². The lowest BCUT2D eigenvalue weighted by atomic mass is 10.0. The highest BCUT2D eigenvalue weighted by atomic mass is 32.2. The van der Waals surface area contributed by atoms with Crippen LogP contribution < -0.4 is 10.6 Å². The lowest BCUT2D eigenvalue weighted by Crippen LogP contribution is -2.38. The van der Waals surface area contributed by atoms with Crippen LogP contribution in [0.25, 0.3) is 0 Å². The Morgan fingerprint density at radius 2 is 1.50 bits per heavy atom. The first kappa shape index (κ1) is 24.9. The molecule has 0 radical (unpaired) electrons. The number of hydrogen-bond acceptors (Lipinski definition) is 5. The molecule has 2 heterocycles. The van der Waals surface area contributed by atoms with Crippen molar-refractivity contribution in [1.29, 1.82) is 0 Å². The van der Waals surface area contributed by atoms with Crippen LogP contribution in [0.3, 0.4) is 0 Å². The minimum Gasteiger partial charge on any atom is -0.325 e. The van der Waals surface area contributed by atoms with Gasteiger partial charge < -0.3 is 10.6 Å². The first-order valence-corrected chi connectivity index (χ1v) is 13.8. The smallest absolute Gasteiger partial charge is 0.243 e. The van der Waals surface area contributed by atoms with Crippen LogP contribution in [-0.2, 0) is 27.9 Å². The Morgan fingerprint density at radius 3 is 2.18 bits per heavy atom. The molecule has 2 aromatic rings. The molecule has 1 amide bonds. The molecule has 184 valence electrons. The third-order valence-corrected chi connectivity index (χ3v) is 8.69. The summed E-state index contributed by atoms with van der Waals surface area (Å²) in [5, 5.41) is 6.22. The summed E-state index contributed by atoms with van der Waals surface area (Å²) in [6.07, 6.45) is 5.66. The number of hydrogen-bond donors (Lipinski definition) is 2. The van der Waals surface area contributed by atoms with Crippen LogP contribution in [0.1, 0.15) is 50.2 Å². The average Bonchev–Trinajstić information content (AvgIpc) is 3.40. The Kier molecular flexibility index (Phi) is 8.37. The van der Waals surface area contributed by atoms with Gasteiger partial charge in [-0.2, -0.15) is 4.31 Å². The number of rotatable bonds is 9. The molecule has 4 rings (SSSR count). The molecule has 8 heteroatoms. The Bertz CT molecular complexity index is 1060. The molecule has 0 aliphatic carbocycles. The molecule has 0 saturated carbocycles. The highest BCUT2D eigenvalue weighted by Crippen LogP contribution is 2.22. The summed E-state index contributed by atoms with van der Waals surface area (Å²) in [7, 11) is -3.45. The largest absolute Gasteiger partial charge is 0.325 e. The van der Waals surface area contributed by atoms with Crippen LogP contribution in [-0.4, -0.2) is 55.8 Å². The summed E-state index contributed by atoms with van der Waals surface area (Å²) in [6, 6.07) is 14.5. The number of sulfonamides is 1. The Labute approximate surface area is 203 Å². The van der Waals surface area contributed by atoms with Crippen LogP contribution in [0, 0.1) is 0 Å². The zero-order valence-electron chi connectivity index (χ0n) is 20.0. The van der Waals surface area contributed by atoms with E-state index in [0.29, 0.717) is 25.3 Å². The van der Waals surface area contributed by atoms with Gasteiger partial charge in [-0.25, -0.2) is 8.42 Å². The highest BCUT2D eigenvalue weighted by molar-refractivity contribution is 7.89. The second-order valence-corrected chi connectivity index (χ2v) is 11.3. The Balaban J connectivity index is 1.30. The van der Waals surface area contributed by atoms with E-state index in [1.54, 1.807) is 24.3 Å². The SMILES string of the molecule is C[C@@H](NCc1ccccc1CN1CCCCC1)C(=O)Nc1ccc(S(=O)(=O)N2CCCC2)cc1. The average molecular weight is 485 g/mol. The minimum atomic E-state index is -3.45.